The Morgan fingerprint density at radius 2 is 2.11 bits per heavy atom. The number of ether oxygens (including phenoxy) is 1. The van der Waals surface area contributed by atoms with Gasteiger partial charge in [-0.25, -0.2) is 0 Å². The van der Waals surface area contributed by atoms with Crippen molar-refractivity contribution in [2.24, 2.45) is 0 Å². The van der Waals surface area contributed by atoms with E-state index in [4.69, 9.17) is 20.8 Å². The number of carbonyl (C=O) groups is 1. The fourth-order valence-corrected chi connectivity index (χ4v) is 2.72. The van der Waals surface area contributed by atoms with Gasteiger partial charge in [0, 0.05) is 24.8 Å². The third-order valence-corrected chi connectivity index (χ3v) is 4.57. The average Bonchev–Trinajstić information content (AvgIpc) is 3.31. The van der Waals surface area contributed by atoms with Gasteiger partial charge in [-0.15, -0.1) is 0 Å². The van der Waals surface area contributed by atoms with Gasteiger partial charge in [0.15, 0.2) is 5.76 Å². The molecule has 0 fully saturated rings. The maximum absolute atomic E-state index is 12.5. The number of nitrogens with zero attached hydrogens (tertiary/aromatic N) is 3. The Kier molecular flexibility index (Phi) is 5.86. The summed E-state index contributed by atoms with van der Waals surface area (Å²) in [6.07, 6.45) is 1.90. The van der Waals surface area contributed by atoms with Crippen LogP contribution in [0.3, 0.4) is 0 Å². The van der Waals surface area contributed by atoms with Crippen LogP contribution in [0.2, 0.25) is 5.02 Å². The quantitative estimate of drug-likeness (QED) is 0.606. The van der Waals surface area contributed by atoms with Crippen LogP contribution < -0.4 is 4.74 Å². The standard InChI is InChI=1S/C20H22ClN3O3/c1-4-24-10-9-15(22-24)12-23(3)20(25)19-8-6-17(27-19)13-26-16-5-7-18(21)14(2)11-16/h5-11H,4,12-13H2,1-3H3. The number of hydrogen-bond donors (Lipinski definition) is 0. The number of benzene rings is 1. The number of aromatic nitrogens is 2. The molecule has 0 atom stereocenters. The van der Waals surface area contributed by atoms with E-state index in [1.54, 1.807) is 36.2 Å². The second-order valence-electron chi connectivity index (χ2n) is 6.29. The van der Waals surface area contributed by atoms with Crippen LogP contribution in [0.25, 0.3) is 0 Å². The maximum atomic E-state index is 12.5. The fourth-order valence-electron chi connectivity index (χ4n) is 2.60. The van der Waals surface area contributed by atoms with Crippen molar-refractivity contribution in [1.29, 1.82) is 0 Å². The molecular formula is C20H22ClN3O3. The molecular weight excluding hydrogens is 366 g/mol. The van der Waals surface area contributed by atoms with E-state index in [9.17, 15) is 4.79 Å². The van der Waals surface area contributed by atoms with Gasteiger partial charge in [0.05, 0.1) is 12.2 Å². The van der Waals surface area contributed by atoms with Gasteiger partial charge in [0.2, 0.25) is 0 Å². The van der Waals surface area contributed by atoms with Crippen molar-refractivity contribution in [2.75, 3.05) is 7.05 Å². The Hall–Kier alpha value is -2.73. The molecule has 1 amide bonds. The first-order valence-electron chi connectivity index (χ1n) is 8.71. The first-order chi connectivity index (χ1) is 13.0. The zero-order valence-corrected chi connectivity index (χ0v) is 16.4. The van der Waals surface area contributed by atoms with Gasteiger partial charge in [-0.2, -0.15) is 5.10 Å². The summed E-state index contributed by atoms with van der Waals surface area (Å²) < 4.78 is 13.2. The number of amides is 1. The zero-order valence-electron chi connectivity index (χ0n) is 15.6. The summed E-state index contributed by atoms with van der Waals surface area (Å²) in [5.41, 5.74) is 1.78. The largest absolute Gasteiger partial charge is 0.486 e. The predicted octanol–water partition coefficient (Wildman–Crippen LogP) is 4.31. The Labute approximate surface area is 163 Å². The van der Waals surface area contributed by atoms with Crippen LogP contribution in [0, 0.1) is 6.92 Å². The normalized spacial score (nSPS) is 10.8. The van der Waals surface area contributed by atoms with Crippen LogP contribution in [-0.2, 0) is 19.7 Å². The Balaban J connectivity index is 1.58. The SMILES string of the molecule is CCn1ccc(CN(C)C(=O)c2ccc(COc3ccc(Cl)c(C)c3)o2)n1. The van der Waals surface area contributed by atoms with E-state index in [1.807, 2.05) is 36.9 Å². The minimum absolute atomic E-state index is 0.199. The Morgan fingerprint density at radius 1 is 1.30 bits per heavy atom. The molecule has 0 radical (unpaired) electrons. The van der Waals surface area contributed by atoms with Crippen LogP contribution in [0.1, 0.15) is 34.5 Å². The fraction of sp³-hybridized carbons (Fsp3) is 0.300. The Bertz CT molecular complexity index is 932. The second-order valence-corrected chi connectivity index (χ2v) is 6.70. The molecule has 0 aliphatic rings. The summed E-state index contributed by atoms with van der Waals surface area (Å²) >= 11 is 6.01. The van der Waals surface area contributed by atoms with Gasteiger partial charge in [-0.3, -0.25) is 9.48 Å². The summed E-state index contributed by atoms with van der Waals surface area (Å²) in [5, 5.41) is 5.08. The van der Waals surface area contributed by atoms with Crippen molar-refractivity contribution in [3.05, 3.63) is 70.4 Å². The molecule has 0 saturated heterocycles. The van der Waals surface area contributed by atoms with E-state index >= 15 is 0 Å². The molecule has 0 unspecified atom stereocenters. The number of rotatable bonds is 7. The number of furan rings is 1. The third-order valence-electron chi connectivity index (χ3n) is 4.15. The van der Waals surface area contributed by atoms with Crippen LogP contribution in [-0.4, -0.2) is 27.6 Å². The van der Waals surface area contributed by atoms with E-state index in [2.05, 4.69) is 5.10 Å². The van der Waals surface area contributed by atoms with Crippen LogP contribution in [0.4, 0.5) is 0 Å². The lowest BCUT2D eigenvalue weighted by Crippen LogP contribution is -2.26. The highest BCUT2D eigenvalue weighted by molar-refractivity contribution is 6.31. The molecule has 2 aromatic heterocycles. The molecule has 1 aromatic carbocycles. The summed E-state index contributed by atoms with van der Waals surface area (Å²) in [5.74, 6) is 1.35. The highest BCUT2D eigenvalue weighted by Crippen LogP contribution is 2.22. The Morgan fingerprint density at radius 3 is 2.81 bits per heavy atom. The van der Waals surface area contributed by atoms with E-state index in [0.717, 1.165) is 17.8 Å². The van der Waals surface area contributed by atoms with Gasteiger partial charge in [-0.05, 0) is 55.8 Å². The topological polar surface area (TPSA) is 60.5 Å². The first kappa shape index (κ1) is 19.0. The summed E-state index contributed by atoms with van der Waals surface area (Å²) in [6.45, 7) is 5.38. The number of aryl methyl sites for hydroxylation is 2. The van der Waals surface area contributed by atoms with Crippen molar-refractivity contribution in [3.63, 3.8) is 0 Å². The smallest absolute Gasteiger partial charge is 0.289 e. The van der Waals surface area contributed by atoms with Crippen molar-refractivity contribution in [2.45, 2.75) is 33.5 Å². The van der Waals surface area contributed by atoms with Gasteiger partial charge in [0.25, 0.3) is 5.91 Å². The lowest BCUT2D eigenvalue weighted by atomic mass is 10.2. The van der Waals surface area contributed by atoms with Crippen LogP contribution in [0.5, 0.6) is 5.75 Å². The summed E-state index contributed by atoms with van der Waals surface area (Å²) in [6, 6.07) is 10.8. The van der Waals surface area contributed by atoms with Crippen molar-refractivity contribution >= 4 is 17.5 Å². The molecule has 27 heavy (non-hydrogen) atoms. The molecule has 6 nitrogen and oxygen atoms in total. The molecule has 0 saturated carbocycles. The second kappa shape index (κ2) is 8.31. The molecule has 142 valence electrons. The van der Waals surface area contributed by atoms with E-state index in [1.165, 1.54) is 0 Å². The van der Waals surface area contributed by atoms with Gasteiger partial charge < -0.3 is 14.1 Å². The minimum atomic E-state index is -0.199. The monoisotopic (exact) mass is 387 g/mol. The lowest BCUT2D eigenvalue weighted by Gasteiger charge is -2.14. The van der Waals surface area contributed by atoms with Gasteiger partial charge in [0.1, 0.15) is 18.1 Å². The highest BCUT2D eigenvalue weighted by atomic mass is 35.5. The van der Waals surface area contributed by atoms with Crippen LogP contribution >= 0.6 is 11.6 Å². The van der Waals surface area contributed by atoms with Crippen molar-refractivity contribution in [3.8, 4) is 5.75 Å². The van der Waals surface area contributed by atoms with E-state index in [-0.39, 0.29) is 18.3 Å². The molecule has 0 spiro atoms. The molecule has 7 heteroatoms. The van der Waals surface area contributed by atoms with Crippen molar-refractivity contribution < 1.29 is 13.9 Å². The van der Waals surface area contributed by atoms with E-state index < -0.39 is 0 Å². The lowest BCUT2D eigenvalue weighted by molar-refractivity contribution is 0.0747. The number of hydrogen-bond acceptors (Lipinski definition) is 4. The molecule has 3 rings (SSSR count). The summed E-state index contributed by atoms with van der Waals surface area (Å²) in [7, 11) is 1.72. The number of carbonyl (C=O) groups excluding carboxylic acids is 1. The zero-order chi connectivity index (χ0) is 19.4. The molecule has 0 N–H and O–H groups in total. The molecule has 3 aromatic rings. The minimum Gasteiger partial charge on any atom is -0.486 e. The van der Waals surface area contributed by atoms with Gasteiger partial charge in [-0.1, -0.05) is 11.6 Å². The predicted molar refractivity (Wildman–Crippen MR) is 103 cm³/mol. The molecule has 0 aliphatic carbocycles. The first-order valence-corrected chi connectivity index (χ1v) is 9.09. The third kappa shape index (κ3) is 4.71. The van der Waals surface area contributed by atoms with Crippen molar-refractivity contribution in [1.82, 2.24) is 14.7 Å². The number of halogens is 1. The molecule has 0 aliphatic heterocycles. The highest BCUT2D eigenvalue weighted by Gasteiger charge is 2.17. The van der Waals surface area contributed by atoms with Gasteiger partial charge >= 0.3 is 0 Å². The maximum Gasteiger partial charge on any atom is 0.289 e. The van der Waals surface area contributed by atoms with Crippen LogP contribution in [0.15, 0.2) is 47.0 Å². The molecule has 2 heterocycles. The molecule has 0 bridgehead atoms. The van der Waals surface area contributed by atoms with E-state index in [0.29, 0.717) is 23.1 Å². The average molecular weight is 388 g/mol. The summed E-state index contributed by atoms with van der Waals surface area (Å²) in [4.78, 5) is 14.1.